The average Bonchev–Trinajstić information content (AvgIpc) is 2.94. The fraction of sp³-hybridized carbons (Fsp3) is 0.133. The topological polar surface area (TPSA) is 109 Å². The van der Waals surface area contributed by atoms with E-state index in [1.807, 2.05) is 13.8 Å². The highest BCUT2D eigenvalue weighted by atomic mass is 32.2. The van der Waals surface area contributed by atoms with Crippen molar-refractivity contribution in [3.63, 3.8) is 0 Å². The van der Waals surface area contributed by atoms with Crippen molar-refractivity contribution in [2.24, 2.45) is 0 Å². The largest absolute Gasteiger partial charge is 0.289 e. The van der Waals surface area contributed by atoms with Crippen molar-refractivity contribution in [1.29, 1.82) is 0 Å². The summed E-state index contributed by atoms with van der Waals surface area (Å²) in [7, 11) is -5.54. The number of anilines is 2. The highest BCUT2D eigenvalue weighted by Crippen LogP contribution is 2.39. The van der Waals surface area contributed by atoms with Crippen LogP contribution < -0.4 is 8.61 Å². The molecule has 204 valence electrons. The van der Waals surface area contributed by atoms with E-state index in [0.29, 0.717) is 0 Å². The van der Waals surface area contributed by atoms with Crippen molar-refractivity contribution in [2.75, 3.05) is 22.7 Å². The Morgan fingerprint density at radius 1 is 0.500 bits per heavy atom. The van der Waals surface area contributed by atoms with E-state index in [0.717, 1.165) is 19.7 Å². The first kappa shape index (κ1) is 27.3. The van der Waals surface area contributed by atoms with Crippen LogP contribution in [0.1, 0.15) is 43.0 Å². The van der Waals surface area contributed by atoms with Gasteiger partial charge in [-0.2, -0.15) is 0 Å². The summed E-state index contributed by atoms with van der Waals surface area (Å²) in [6, 6.07) is 21.4. The van der Waals surface area contributed by atoms with Gasteiger partial charge in [0.15, 0.2) is 11.6 Å². The second kappa shape index (κ2) is 9.72. The summed E-state index contributed by atoms with van der Waals surface area (Å²) in [6.07, 6.45) is 0. The molecule has 8 nitrogen and oxygen atoms in total. The number of ketones is 2. The lowest BCUT2D eigenvalue weighted by molar-refractivity contribution is 0.0980. The third-order valence-corrected chi connectivity index (χ3v) is 10.6. The first-order chi connectivity index (χ1) is 18.9. The Morgan fingerprint density at radius 3 is 1.20 bits per heavy atom. The summed E-state index contributed by atoms with van der Waals surface area (Å²) < 4.78 is 55.9. The quantitative estimate of drug-likeness (QED) is 0.290. The fourth-order valence-corrected chi connectivity index (χ4v) is 7.14. The summed E-state index contributed by atoms with van der Waals surface area (Å²) in [5.41, 5.74) is 1.67. The maximum absolute atomic E-state index is 14.1. The van der Waals surface area contributed by atoms with E-state index in [9.17, 15) is 26.4 Å². The average molecular weight is 575 g/mol. The molecule has 0 aliphatic heterocycles. The number of sulfonamides is 2. The number of aryl methyl sites for hydroxylation is 2. The minimum absolute atomic E-state index is 0.0147. The van der Waals surface area contributed by atoms with Crippen molar-refractivity contribution in [2.45, 2.75) is 23.6 Å². The number of nitrogens with zero attached hydrogens (tertiary/aromatic N) is 2. The van der Waals surface area contributed by atoms with E-state index in [1.165, 1.54) is 74.8 Å². The molecule has 0 atom stereocenters. The van der Waals surface area contributed by atoms with Gasteiger partial charge >= 0.3 is 0 Å². The molecule has 10 heteroatoms. The monoisotopic (exact) mass is 574 g/mol. The summed E-state index contributed by atoms with van der Waals surface area (Å²) in [6.45, 7) is 3.67. The highest BCUT2D eigenvalue weighted by molar-refractivity contribution is 7.93. The minimum atomic E-state index is -4.09. The molecule has 4 aromatic carbocycles. The lowest BCUT2D eigenvalue weighted by Gasteiger charge is -2.29. The second-order valence-electron chi connectivity index (χ2n) is 9.63. The number of hydrogen-bond donors (Lipinski definition) is 0. The molecule has 0 heterocycles. The van der Waals surface area contributed by atoms with E-state index < -0.39 is 31.6 Å². The van der Waals surface area contributed by atoms with Gasteiger partial charge in [-0.15, -0.1) is 0 Å². The highest BCUT2D eigenvalue weighted by Gasteiger charge is 2.38. The second-order valence-corrected chi connectivity index (χ2v) is 13.6. The number of fused-ring (bicyclic) bond motifs is 2. The molecule has 1 aliphatic carbocycles. The smallest absolute Gasteiger partial charge is 0.264 e. The molecule has 1 aliphatic rings. The van der Waals surface area contributed by atoms with Gasteiger partial charge in [0.05, 0.1) is 32.3 Å². The van der Waals surface area contributed by atoms with Gasteiger partial charge in [-0.3, -0.25) is 18.2 Å². The summed E-state index contributed by atoms with van der Waals surface area (Å²) in [5.74, 6) is -1.15. The zero-order chi connectivity index (χ0) is 29.0. The van der Waals surface area contributed by atoms with Crippen LogP contribution in [-0.2, 0) is 20.0 Å². The van der Waals surface area contributed by atoms with Crippen LogP contribution in [0.5, 0.6) is 0 Å². The predicted octanol–water partition coefficient (Wildman–Crippen LogP) is 4.73. The third-order valence-electron chi connectivity index (χ3n) is 7.07. The van der Waals surface area contributed by atoms with Crippen LogP contribution in [-0.4, -0.2) is 42.5 Å². The van der Waals surface area contributed by atoms with Crippen LogP contribution in [0.25, 0.3) is 0 Å². The standard InChI is InChI=1S/C30H26N2O6S2/c1-19-11-15-21(16-12-19)39(35,36)31(3)25-9-5-7-23-27(25)30(34)28-24(29(23)33)8-6-10-26(28)32(4)40(37,38)22-17-13-20(2)14-18-22/h5-18H,1-4H3. The van der Waals surface area contributed by atoms with Gasteiger partial charge in [0, 0.05) is 25.2 Å². The molecule has 4 aromatic rings. The Bertz CT molecular complexity index is 1760. The van der Waals surface area contributed by atoms with E-state index >= 15 is 0 Å². The van der Waals surface area contributed by atoms with Gasteiger partial charge in [0.1, 0.15) is 0 Å². The first-order valence-corrected chi connectivity index (χ1v) is 15.2. The molecule has 0 saturated carbocycles. The van der Waals surface area contributed by atoms with Gasteiger partial charge in [-0.05, 0) is 50.2 Å². The number of carbonyl (C=O) groups is 2. The summed E-state index contributed by atoms with van der Waals surface area (Å²) in [4.78, 5) is 27.8. The van der Waals surface area contributed by atoms with E-state index in [4.69, 9.17) is 0 Å². The van der Waals surface area contributed by atoms with Crippen molar-refractivity contribution in [3.05, 3.63) is 118 Å². The van der Waals surface area contributed by atoms with Gasteiger partial charge in [0.2, 0.25) is 0 Å². The van der Waals surface area contributed by atoms with Crippen LogP contribution in [0.2, 0.25) is 0 Å². The Kier molecular flexibility index (Phi) is 6.63. The van der Waals surface area contributed by atoms with E-state index in [-0.39, 0.29) is 43.4 Å². The maximum Gasteiger partial charge on any atom is 0.264 e. The van der Waals surface area contributed by atoms with Crippen molar-refractivity contribution < 1.29 is 26.4 Å². The van der Waals surface area contributed by atoms with Crippen LogP contribution in [0.4, 0.5) is 11.4 Å². The molecule has 0 amide bonds. The molecule has 5 rings (SSSR count). The Morgan fingerprint density at radius 2 is 0.850 bits per heavy atom. The SMILES string of the molecule is Cc1ccc(S(=O)(=O)N(C)c2cccc3c2C(=O)c2c(cccc2N(C)S(=O)(=O)c2ccc(C)cc2)C3=O)cc1. The molecule has 0 fully saturated rings. The molecule has 0 saturated heterocycles. The number of hydrogen-bond acceptors (Lipinski definition) is 6. The zero-order valence-electron chi connectivity index (χ0n) is 22.2. The van der Waals surface area contributed by atoms with E-state index in [2.05, 4.69) is 0 Å². The van der Waals surface area contributed by atoms with Crippen molar-refractivity contribution in [1.82, 2.24) is 0 Å². The van der Waals surface area contributed by atoms with Crippen LogP contribution >= 0.6 is 0 Å². The first-order valence-electron chi connectivity index (χ1n) is 12.3. The van der Waals surface area contributed by atoms with E-state index in [1.54, 1.807) is 24.3 Å². The number of benzene rings is 4. The van der Waals surface area contributed by atoms with Gasteiger partial charge in [-0.25, -0.2) is 16.8 Å². The zero-order valence-corrected chi connectivity index (χ0v) is 23.9. The molecule has 0 unspecified atom stereocenters. The lowest BCUT2D eigenvalue weighted by atomic mass is 9.82. The molecular weight excluding hydrogens is 548 g/mol. The van der Waals surface area contributed by atoms with Crippen LogP contribution in [0, 0.1) is 13.8 Å². The normalized spacial score (nSPS) is 13.0. The van der Waals surface area contributed by atoms with Crippen LogP contribution in [0.15, 0.2) is 94.7 Å². The predicted molar refractivity (Wildman–Crippen MR) is 153 cm³/mol. The molecule has 0 N–H and O–H groups in total. The summed E-state index contributed by atoms with van der Waals surface area (Å²) in [5, 5.41) is 0. The lowest BCUT2D eigenvalue weighted by Crippen LogP contribution is -2.33. The molecule has 0 bridgehead atoms. The molecule has 0 radical (unpaired) electrons. The number of rotatable bonds is 6. The fourth-order valence-electron chi connectivity index (χ4n) is 4.73. The minimum Gasteiger partial charge on any atom is -0.289 e. The van der Waals surface area contributed by atoms with Crippen molar-refractivity contribution >= 4 is 43.0 Å². The Hall–Kier alpha value is -4.28. The van der Waals surface area contributed by atoms with Crippen molar-refractivity contribution in [3.8, 4) is 0 Å². The van der Waals surface area contributed by atoms with Gasteiger partial charge in [0.25, 0.3) is 20.0 Å². The maximum atomic E-state index is 14.1. The number of carbonyl (C=O) groups excluding carboxylic acids is 2. The van der Waals surface area contributed by atoms with Crippen LogP contribution in [0.3, 0.4) is 0 Å². The van der Waals surface area contributed by atoms with Gasteiger partial charge in [-0.1, -0.05) is 59.7 Å². The van der Waals surface area contributed by atoms with Gasteiger partial charge < -0.3 is 0 Å². The Balaban J connectivity index is 1.65. The summed E-state index contributed by atoms with van der Waals surface area (Å²) >= 11 is 0. The third kappa shape index (κ3) is 4.29. The molecule has 0 aromatic heterocycles. The molecule has 0 spiro atoms. The Labute approximate surface area is 233 Å². The molecular formula is C30H26N2O6S2. The molecule has 40 heavy (non-hydrogen) atoms.